The Morgan fingerprint density at radius 3 is 2.60 bits per heavy atom. The second-order valence-corrected chi connectivity index (χ2v) is 3.06. The highest BCUT2D eigenvalue weighted by molar-refractivity contribution is 5.96. The summed E-state index contributed by atoms with van der Waals surface area (Å²) < 4.78 is 9.68. The van der Waals surface area contributed by atoms with Gasteiger partial charge in [-0.05, 0) is 5.56 Å². The zero-order chi connectivity index (χ0) is 10.7. The summed E-state index contributed by atoms with van der Waals surface area (Å²) in [5.74, 6) is -0.386. The largest absolute Gasteiger partial charge is 0.471 e. The highest BCUT2D eigenvalue weighted by atomic mass is 16.5. The van der Waals surface area contributed by atoms with Crippen LogP contribution in [0.5, 0.6) is 0 Å². The molecule has 0 radical (unpaired) electrons. The van der Waals surface area contributed by atoms with E-state index in [1.807, 2.05) is 30.3 Å². The molecule has 0 fully saturated rings. The van der Waals surface area contributed by atoms with E-state index in [1.165, 1.54) is 13.4 Å². The van der Waals surface area contributed by atoms with Crippen LogP contribution in [0.1, 0.15) is 10.4 Å². The first kappa shape index (κ1) is 9.52. The Kier molecular flexibility index (Phi) is 2.54. The molecule has 15 heavy (non-hydrogen) atoms. The van der Waals surface area contributed by atoms with Gasteiger partial charge in [-0.3, -0.25) is 0 Å². The van der Waals surface area contributed by atoms with Gasteiger partial charge in [-0.25, -0.2) is 4.79 Å². The molecule has 1 heterocycles. The average molecular weight is 202 g/mol. The van der Waals surface area contributed by atoms with Crippen molar-refractivity contribution in [2.45, 2.75) is 0 Å². The van der Waals surface area contributed by atoms with Gasteiger partial charge in [0.1, 0.15) is 11.8 Å². The predicted octanol–water partition coefficient (Wildman–Crippen LogP) is 2.73. The number of methoxy groups -OCH3 is 1. The van der Waals surface area contributed by atoms with Gasteiger partial charge in [-0.15, -0.1) is 0 Å². The Balaban J connectivity index is 2.46. The molecule has 0 saturated carbocycles. The minimum atomic E-state index is -0.386. The van der Waals surface area contributed by atoms with Gasteiger partial charge in [0, 0.05) is 5.56 Å². The number of carbonyl (C=O) groups excluding carboxylic acids is 1. The third kappa shape index (κ3) is 1.76. The van der Waals surface area contributed by atoms with Crippen molar-refractivity contribution in [3.05, 3.63) is 48.4 Å². The molecule has 76 valence electrons. The van der Waals surface area contributed by atoms with Gasteiger partial charge in [-0.2, -0.15) is 0 Å². The standard InChI is InChI=1S/C12H10O3/c1-14-12(13)11-8-15-7-10(11)9-5-3-2-4-6-9/h2-8H,1H3. The summed E-state index contributed by atoms with van der Waals surface area (Å²) in [6, 6.07) is 9.56. The van der Waals surface area contributed by atoms with Gasteiger partial charge in [0.05, 0.1) is 13.4 Å². The molecule has 3 heteroatoms. The molecule has 0 N–H and O–H groups in total. The lowest BCUT2D eigenvalue weighted by atomic mass is 10.1. The molecule has 0 saturated heterocycles. The van der Waals surface area contributed by atoms with E-state index in [9.17, 15) is 4.79 Å². The van der Waals surface area contributed by atoms with Crippen molar-refractivity contribution in [2.24, 2.45) is 0 Å². The molecule has 1 aromatic heterocycles. The van der Waals surface area contributed by atoms with Gasteiger partial charge in [0.2, 0.25) is 0 Å². The molecule has 3 nitrogen and oxygen atoms in total. The van der Waals surface area contributed by atoms with Crippen LogP contribution in [-0.4, -0.2) is 13.1 Å². The van der Waals surface area contributed by atoms with Crippen LogP contribution in [0.15, 0.2) is 47.3 Å². The average Bonchev–Trinajstić information content (AvgIpc) is 2.78. The molecule has 0 bridgehead atoms. The van der Waals surface area contributed by atoms with E-state index in [0.29, 0.717) is 5.56 Å². The molecule has 0 aliphatic heterocycles. The Labute approximate surface area is 87.3 Å². The van der Waals surface area contributed by atoms with Crippen molar-refractivity contribution in [2.75, 3.05) is 7.11 Å². The first-order chi connectivity index (χ1) is 7.33. The zero-order valence-electron chi connectivity index (χ0n) is 8.27. The molecule has 0 unspecified atom stereocenters. The SMILES string of the molecule is COC(=O)c1cocc1-c1ccccc1. The van der Waals surface area contributed by atoms with Gasteiger partial charge >= 0.3 is 5.97 Å². The van der Waals surface area contributed by atoms with Gasteiger partial charge in [-0.1, -0.05) is 30.3 Å². The summed E-state index contributed by atoms with van der Waals surface area (Å²) in [7, 11) is 1.35. The zero-order valence-corrected chi connectivity index (χ0v) is 8.27. The fraction of sp³-hybridized carbons (Fsp3) is 0.0833. The summed E-state index contributed by atoms with van der Waals surface area (Å²) >= 11 is 0. The Hall–Kier alpha value is -2.03. The number of esters is 1. The van der Waals surface area contributed by atoms with Crippen molar-refractivity contribution in [1.82, 2.24) is 0 Å². The molecule has 0 amide bonds. The van der Waals surface area contributed by atoms with Crippen molar-refractivity contribution in [1.29, 1.82) is 0 Å². The first-order valence-corrected chi connectivity index (χ1v) is 4.53. The van der Waals surface area contributed by atoms with Crippen LogP contribution >= 0.6 is 0 Å². The van der Waals surface area contributed by atoms with Crippen LogP contribution < -0.4 is 0 Å². The highest BCUT2D eigenvalue weighted by Gasteiger charge is 2.15. The van der Waals surface area contributed by atoms with Crippen molar-refractivity contribution >= 4 is 5.97 Å². The minimum Gasteiger partial charge on any atom is -0.471 e. The molecule has 1 aromatic carbocycles. The van der Waals surface area contributed by atoms with Crippen molar-refractivity contribution in [3.8, 4) is 11.1 Å². The third-order valence-electron chi connectivity index (χ3n) is 2.15. The lowest BCUT2D eigenvalue weighted by Crippen LogP contribution is -2.00. The molecule has 0 aliphatic rings. The molecular formula is C12H10O3. The summed E-state index contributed by atoms with van der Waals surface area (Å²) in [4.78, 5) is 11.4. The van der Waals surface area contributed by atoms with E-state index in [-0.39, 0.29) is 5.97 Å². The maximum absolute atomic E-state index is 11.4. The van der Waals surface area contributed by atoms with E-state index in [0.717, 1.165) is 11.1 Å². The number of carbonyl (C=O) groups is 1. The van der Waals surface area contributed by atoms with E-state index in [4.69, 9.17) is 4.42 Å². The van der Waals surface area contributed by atoms with Gasteiger partial charge in [0.15, 0.2) is 0 Å². The maximum Gasteiger partial charge on any atom is 0.341 e. The third-order valence-corrected chi connectivity index (χ3v) is 2.15. The van der Waals surface area contributed by atoms with Crippen LogP contribution in [-0.2, 0) is 4.74 Å². The van der Waals surface area contributed by atoms with Crippen LogP contribution in [0.4, 0.5) is 0 Å². The van der Waals surface area contributed by atoms with Crippen LogP contribution in [0, 0.1) is 0 Å². The Bertz CT molecular complexity index is 457. The molecule has 0 aliphatic carbocycles. The molecule has 2 aromatic rings. The monoisotopic (exact) mass is 202 g/mol. The minimum absolute atomic E-state index is 0.386. The number of benzene rings is 1. The Morgan fingerprint density at radius 1 is 1.20 bits per heavy atom. The van der Waals surface area contributed by atoms with Crippen LogP contribution in [0.25, 0.3) is 11.1 Å². The first-order valence-electron chi connectivity index (χ1n) is 4.53. The summed E-state index contributed by atoms with van der Waals surface area (Å²) in [5, 5.41) is 0. The quantitative estimate of drug-likeness (QED) is 0.703. The van der Waals surface area contributed by atoms with E-state index in [2.05, 4.69) is 4.74 Å². The van der Waals surface area contributed by atoms with Gasteiger partial charge < -0.3 is 9.15 Å². The smallest absolute Gasteiger partial charge is 0.341 e. The number of ether oxygens (including phenoxy) is 1. The maximum atomic E-state index is 11.4. The highest BCUT2D eigenvalue weighted by Crippen LogP contribution is 2.24. The molecule has 2 rings (SSSR count). The molecule has 0 spiro atoms. The van der Waals surface area contributed by atoms with E-state index >= 15 is 0 Å². The number of rotatable bonds is 2. The second-order valence-electron chi connectivity index (χ2n) is 3.06. The van der Waals surface area contributed by atoms with Crippen LogP contribution in [0.3, 0.4) is 0 Å². The van der Waals surface area contributed by atoms with Crippen molar-refractivity contribution < 1.29 is 13.9 Å². The van der Waals surface area contributed by atoms with Gasteiger partial charge in [0.25, 0.3) is 0 Å². The summed E-state index contributed by atoms with van der Waals surface area (Å²) in [6.45, 7) is 0. The number of hydrogen-bond acceptors (Lipinski definition) is 3. The van der Waals surface area contributed by atoms with E-state index < -0.39 is 0 Å². The molecule has 0 atom stereocenters. The second kappa shape index (κ2) is 4.00. The summed E-state index contributed by atoms with van der Waals surface area (Å²) in [6.07, 6.45) is 2.94. The number of hydrogen-bond donors (Lipinski definition) is 0. The predicted molar refractivity (Wildman–Crippen MR) is 55.5 cm³/mol. The lowest BCUT2D eigenvalue weighted by molar-refractivity contribution is 0.0600. The summed E-state index contributed by atoms with van der Waals surface area (Å²) in [5.41, 5.74) is 2.14. The van der Waals surface area contributed by atoms with Crippen LogP contribution in [0.2, 0.25) is 0 Å². The van der Waals surface area contributed by atoms with E-state index in [1.54, 1.807) is 6.26 Å². The van der Waals surface area contributed by atoms with Crippen molar-refractivity contribution in [3.63, 3.8) is 0 Å². The fourth-order valence-corrected chi connectivity index (χ4v) is 1.41. The molecular weight excluding hydrogens is 192 g/mol. The number of furan rings is 1. The lowest BCUT2D eigenvalue weighted by Gasteiger charge is -2.00. The topological polar surface area (TPSA) is 39.4 Å². The Morgan fingerprint density at radius 2 is 1.93 bits per heavy atom. The fourth-order valence-electron chi connectivity index (χ4n) is 1.41. The normalized spacial score (nSPS) is 9.93.